The van der Waals surface area contributed by atoms with E-state index in [-0.39, 0.29) is 40.6 Å². The van der Waals surface area contributed by atoms with E-state index in [1.807, 2.05) is 78.9 Å². The zero-order valence-electron chi connectivity index (χ0n) is 22.4. The Balaban J connectivity index is 0.00000420. The minimum absolute atomic E-state index is 0. The van der Waals surface area contributed by atoms with E-state index in [2.05, 4.69) is 12.1 Å². The fourth-order valence-corrected chi connectivity index (χ4v) is 5.73. The van der Waals surface area contributed by atoms with Crippen LogP contribution in [0.3, 0.4) is 0 Å². The number of halogens is 1. The van der Waals surface area contributed by atoms with E-state index >= 15 is 0 Å². The van der Waals surface area contributed by atoms with Crippen molar-refractivity contribution in [1.29, 1.82) is 0 Å². The van der Waals surface area contributed by atoms with Crippen LogP contribution in [-0.2, 0) is 11.2 Å². The molecule has 0 aliphatic heterocycles. The van der Waals surface area contributed by atoms with Gasteiger partial charge in [-0.05, 0) is 60.7 Å². The van der Waals surface area contributed by atoms with E-state index in [1.54, 1.807) is 25.6 Å². The van der Waals surface area contributed by atoms with Gasteiger partial charge in [0.15, 0.2) is 5.78 Å². The first-order valence-corrected chi connectivity index (χ1v) is 14.0. The number of ketones is 1. The fraction of sp³-hybridized carbons (Fsp3) is 0.219. The van der Waals surface area contributed by atoms with Crippen LogP contribution in [0, 0.1) is 5.92 Å². The first kappa shape index (κ1) is 31.1. The number of pyridine rings is 1. The number of nitrogens with zero attached hydrogens (tertiary/aromatic N) is 1. The van der Waals surface area contributed by atoms with Crippen molar-refractivity contribution >= 4 is 58.2 Å². The van der Waals surface area contributed by atoms with Crippen molar-refractivity contribution < 1.29 is 44.3 Å². The van der Waals surface area contributed by atoms with Gasteiger partial charge in [0.2, 0.25) is 0 Å². The molecule has 0 saturated carbocycles. The van der Waals surface area contributed by atoms with Crippen LogP contribution in [-0.4, -0.2) is 22.5 Å². The Labute approximate surface area is 261 Å². The number of benzene rings is 3. The van der Waals surface area contributed by atoms with Crippen LogP contribution in [0.5, 0.6) is 0 Å². The summed E-state index contributed by atoms with van der Waals surface area (Å²) in [7, 11) is 0. The van der Waals surface area contributed by atoms with Gasteiger partial charge in [0.05, 0.1) is 11.2 Å². The molecule has 0 fully saturated rings. The van der Waals surface area contributed by atoms with Crippen LogP contribution in [0.15, 0.2) is 78.9 Å². The number of thioether (sulfide) groups is 1. The Morgan fingerprint density at radius 3 is 2.54 bits per heavy atom. The van der Waals surface area contributed by atoms with Crippen molar-refractivity contribution in [2.24, 2.45) is 5.92 Å². The number of hydrogen-bond donors (Lipinski definition) is 0. The number of rotatable bonds is 11. The maximum absolute atomic E-state index is 12.1. The van der Waals surface area contributed by atoms with Crippen LogP contribution in [0.4, 0.5) is 0 Å². The van der Waals surface area contributed by atoms with Gasteiger partial charge in [0.25, 0.3) is 0 Å². The smallest absolute Gasteiger partial charge is 0.550 e. The summed E-state index contributed by atoms with van der Waals surface area (Å²) in [5, 5.41) is 13.1. The number of carboxylic acids is 1. The minimum atomic E-state index is -1.04. The zero-order valence-corrected chi connectivity index (χ0v) is 26.0. The molecule has 2 atom stereocenters. The van der Waals surface area contributed by atoms with Gasteiger partial charge in [0, 0.05) is 38.9 Å². The van der Waals surface area contributed by atoms with E-state index in [9.17, 15) is 14.7 Å². The van der Waals surface area contributed by atoms with Gasteiger partial charge in [-0.2, -0.15) is 11.8 Å². The third-order valence-electron chi connectivity index (χ3n) is 6.43. The third-order valence-corrected chi connectivity index (χ3v) is 8.26. The Morgan fingerprint density at radius 1 is 1.00 bits per heavy atom. The summed E-state index contributed by atoms with van der Waals surface area (Å²) in [6, 6.07) is 25.6. The quantitative estimate of drug-likeness (QED) is 0.203. The second kappa shape index (κ2) is 14.8. The molecule has 0 bridgehead atoms. The molecule has 0 saturated heterocycles. The van der Waals surface area contributed by atoms with Gasteiger partial charge in [-0.3, -0.25) is 4.79 Å². The van der Waals surface area contributed by atoms with E-state index in [0.717, 1.165) is 51.7 Å². The second-order valence-corrected chi connectivity index (χ2v) is 11.0. The average molecular weight is 566 g/mol. The molecule has 1 heterocycles. The standard InChI is InChI=1S/C32H30ClNO3S.Na/c1-21(32(36)37)20-38-31(17-13-24-7-3-4-9-29(24)22(2)35)26-8-5-6-23(18-26)10-15-28-16-12-25-11-14-27(33)19-30(25)34-28;/h3-12,14-16,18-19,21,31H,13,17,20H2,1-2H3,(H,36,37);/q;+1/p-1/b15-10+;/t21-,31+;/m1./s1. The molecule has 0 amide bonds. The number of aromatic nitrogens is 1. The molecule has 4 rings (SSSR count). The number of carbonyl (C=O) groups is 2. The Morgan fingerprint density at radius 2 is 1.77 bits per heavy atom. The van der Waals surface area contributed by atoms with Crippen molar-refractivity contribution in [2.45, 2.75) is 31.9 Å². The minimum Gasteiger partial charge on any atom is -0.550 e. The Bertz CT molecular complexity index is 1490. The maximum Gasteiger partial charge on any atom is 1.00 e. The van der Waals surface area contributed by atoms with E-state index in [1.165, 1.54) is 0 Å². The van der Waals surface area contributed by atoms with Crippen LogP contribution >= 0.6 is 23.4 Å². The third kappa shape index (κ3) is 8.79. The SMILES string of the molecule is CC(=O)c1ccccc1CC[C@H](SC[C@@H](C)C(=O)[O-])c1cccc(/C=C/c2ccc3ccc(Cl)cc3n2)c1.[Na+]. The molecule has 39 heavy (non-hydrogen) atoms. The molecule has 0 radical (unpaired) electrons. The fourth-order valence-electron chi connectivity index (χ4n) is 4.29. The van der Waals surface area contributed by atoms with Gasteiger partial charge < -0.3 is 9.90 Å². The summed E-state index contributed by atoms with van der Waals surface area (Å²) >= 11 is 7.75. The summed E-state index contributed by atoms with van der Waals surface area (Å²) in [5.74, 6) is -1.10. The summed E-state index contributed by atoms with van der Waals surface area (Å²) in [4.78, 5) is 28.1. The number of aryl methyl sites for hydroxylation is 1. The summed E-state index contributed by atoms with van der Waals surface area (Å²) in [6.07, 6.45) is 5.49. The number of carboxylic acid groups (broad SMARTS) is 1. The maximum atomic E-state index is 12.1. The van der Waals surface area contributed by atoms with Crippen LogP contribution < -0.4 is 34.7 Å². The monoisotopic (exact) mass is 565 g/mol. The molecule has 7 heteroatoms. The van der Waals surface area contributed by atoms with E-state index in [4.69, 9.17) is 16.6 Å². The van der Waals surface area contributed by atoms with Crippen molar-refractivity contribution in [3.05, 3.63) is 112 Å². The molecule has 0 spiro atoms. The van der Waals surface area contributed by atoms with Crippen LogP contribution in [0.25, 0.3) is 23.1 Å². The molecule has 3 aromatic carbocycles. The predicted molar refractivity (Wildman–Crippen MR) is 156 cm³/mol. The molecule has 4 nitrogen and oxygen atoms in total. The Kier molecular flexibility index (Phi) is 11.8. The van der Waals surface area contributed by atoms with Gasteiger partial charge in [-0.15, -0.1) is 0 Å². The molecule has 0 aliphatic rings. The molecule has 194 valence electrons. The van der Waals surface area contributed by atoms with E-state index in [0.29, 0.717) is 10.8 Å². The topological polar surface area (TPSA) is 70.1 Å². The molecule has 0 unspecified atom stereocenters. The van der Waals surface area contributed by atoms with Crippen molar-refractivity contribution in [2.75, 3.05) is 5.75 Å². The summed E-state index contributed by atoms with van der Waals surface area (Å²) in [5.41, 5.74) is 5.56. The van der Waals surface area contributed by atoms with Gasteiger partial charge in [-0.25, -0.2) is 4.98 Å². The van der Waals surface area contributed by atoms with Crippen molar-refractivity contribution in [3.63, 3.8) is 0 Å². The normalized spacial score (nSPS) is 12.7. The van der Waals surface area contributed by atoms with Crippen LogP contribution in [0.2, 0.25) is 5.02 Å². The van der Waals surface area contributed by atoms with Gasteiger partial charge in [-0.1, -0.05) is 85.3 Å². The first-order valence-electron chi connectivity index (χ1n) is 12.6. The average Bonchev–Trinajstić information content (AvgIpc) is 2.91. The predicted octanol–water partition coefficient (Wildman–Crippen LogP) is 4.06. The molecular formula is C32H29ClNNaO3S. The molecular weight excluding hydrogens is 537 g/mol. The number of fused-ring (bicyclic) bond motifs is 1. The van der Waals surface area contributed by atoms with Crippen LogP contribution in [0.1, 0.15) is 58.3 Å². The molecule has 0 N–H and O–H groups in total. The van der Waals surface area contributed by atoms with Crippen molar-refractivity contribution in [3.8, 4) is 0 Å². The molecule has 0 aliphatic carbocycles. The molecule has 4 aromatic rings. The largest absolute Gasteiger partial charge is 1.00 e. The zero-order chi connectivity index (χ0) is 27.1. The van der Waals surface area contributed by atoms with E-state index < -0.39 is 11.9 Å². The van der Waals surface area contributed by atoms with Crippen molar-refractivity contribution in [1.82, 2.24) is 4.98 Å². The number of hydrogen-bond acceptors (Lipinski definition) is 5. The van der Waals surface area contributed by atoms with Gasteiger partial charge in [0.1, 0.15) is 0 Å². The second-order valence-electron chi connectivity index (χ2n) is 9.37. The Hall–Kier alpha value is -2.41. The van der Waals surface area contributed by atoms with Gasteiger partial charge >= 0.3 is 29.6 Å². The summed E-state index contributed by atoms with van der Waals surface area (Å²) < 4.78 is 0. The number of aliphatic carboxylic acids is 1. The number of carbonyl (C=O) groups excluding carboxylic acids is 2. The first-order chi connectivity index (χ1) is 18.3. The summed E-state index contributed by atoms with van der Waals surface area (Å²) in [6.45, 7) is 3.26. The molecule has 1 aromatic heterocycles. The number of Topliss-reactive ketones (excluding diaryl/α,β-unsaturated/α-hetero) is 1.